The van der Waals surface area contributed by atoms with E-state index >= 15 is 0 Å². The summed E-state index contributed by atoms with van der Waals surface area (Å²) in [6.45, 7) is 0. The van der Waals surface area contributed by atoms with E-state index in [-0.39, 0.29) is 51.3 Å². The maximum absolute atomic E-state index is 9.81. The van der Waals surface area contributed by atoms with Crippen molar-refractivity contribution in [3.63, 3.8) is 0 Å². The van der Waals surface area contributed by atoms with Gasteiger partial charge in [0.25, 0.3) is 0 Å². The molecule has 0 aliphatic rings. The SMILES string of the molecule is [F][Al]([F])[F].[NaH].[Ti]. The van der Waals surface area contributed by atoms with Crippen molar-refractivity contribution in [1.29, 1.82) is 0 Å². The zero-order valence-electron chi connectivity index (χ0n) is 2.21. The topological polar surface area (TPSA) is 0 Å². The second kappa shape index (κ2) is 10.1. The quantitative estimate of drug-likeness (QED) is 0.440. The monoisotopic (exact) mass is 156 g/mol. The minimum absolute atomic E-state index is 0. The van der Waals surface area contributed by atoms with Gasteiger partial charge in [-0.05, 0) is 0 Å². The minimum Gasteiger partial charge on any atom is 0 e. The Labute approximate surface area is 76.5 Å². The van der Waals surface area contributed by atoms with Gasteiger partial charge in [-0.15, -0.1) is 0 Å². The van der Waals surface area contributed by atoms with E-state index in [2.05, 4.69) is 0 Å². The van der Waals surface area contributed by atoms with Gasteiger partial charge in [0.15, 0.2) is 0 Å². The summed E-state index contributed by atoms with van der Waals surface area (Å²) >= 11 is -4.64. The summed E-state index contributed by atoms with van der Waals surface area (Å²) in [5.41, 5.74) is 0. The summed E-state index contributed by atoms with van der Waals surface area (Å²) in [6.07, 6.45) is 0. The fourth-order valence-electron chi connectivity index (χ4n) is 0. The van der Waals surface area contributed by atoms with E-state index < -0.39 is 15.5 Å². The first kappa shape index (κ1) is 15.7. The first-order chi connectivity index (χ1) is 1.73. The van der Waals surface area contributed by atoms with Crippen molar-refractivity contribution in [2.24, 2.45) is 0 Å². The molecule has 6 heteroatoms. The molecule has 0 aromatic carbocycles. The van der Waals surface area contributed by atoms with Crippen LogP contribution in [0.3, 0.4) is 0 Å². The Bertz CT molecular complexity index is 15.5. The van der Waals surface area contributed by atoms with Crippen LogP contribution in [0.15, 0.2) is 0 Å². The molecule has 0 unspecified atom stereocenters. The Hall–Kier alpha value is 2.04. The van der Waals surface area contributed by atoms with Crippen LogP contribution in [-0.2, 0) is 21.7 Å². The fourth-order valence-corrected chi connectivity index (χ4v) is 0. The van der Waals surface area contributed by atoms with E-state index in [1.165, 1.54) is 0 Å². The number of hydrogen-bond donors (Lipinski definition) is 0. The molecule has 0 nitrogen and oxygen atoms in total. The molecule has 0 aromatic heterocycles. The third kappa shape index (κ3) is 36.9. The van der Waals surface area contributed by atoms with Crippen molar-refractivity contribution in [2.45, 2.75) is 0 Å². The summed E-state index contributed by atoms with van der Waals surface area (Å²) in [5.74, 6) is 0. The average molecular weight is 156 g/mol. The molecular formula is HAlF3NaTi. The van der Waals surface area contributed by atoms with Crippen LogP contribution in [0.5, 0.6) is 0 Å². The van der Waals surface area contributed by atoms with Crippen molar-refractivity contribution in [3.05, 3.63) is 0 Å². The van der Waals surface area contributed by atoms with Gasteiger partial charge in [-0.3, -0.25) is 0 Å². The number of hydrogen-bond acceptors (Lipinski definition) is 0. The molecule has 0 spiro atoms. The standard InChI is InChI=1S/Al.3FH.Na.Ti.H/h;3*1H;;;/q+3;;;;;;/p-3. The third-order valence-electron chi connectivity index (χ3n) is 0. The number of rotatable bonds is 0. The summed E-state index contributed by atoms with van der Waals surface area (Å²) < 4.78 is 29.4. The average Bonchev–Trinajstić information content (AvgIpc) is 0.811. The van der Waals surface area contributed by atoms with Crippen LogP contribution in [-0.4, -0.2) is 45.1 Å². The van der Waals surface area contributed by atoms with Crippen LogP contribution in [0.2, 0.25) is 0 Å². The van der Waals surface area contributed by atoms with Crippen LogP contribution >= 0.6 is 0 Å². The molecule has 30 valence electrons. The van der Waals surface area contributed by atoms with Gasteiger partial charge in [0.2, 0.25) is 0 Å². The second-order valence-corrected chi connectivity index (χ2v) is 0.742. The normalized spacial score (nSPS) is 4.50. The van der Waals surface area contributed by atoms with Gasteiger partial charge in [0, 0.05) is 21.7 Å². The fraction of sp³-hybridized carbons (Fsp3) is 0. The Kier molecular flexibility index (Phi) is 26.4. The van der Waals surface area contributed by atoms with Crippen LogP contribution in [0, 0.1) is 0 Å². The molecule has 0 fully saturated rings. The van der Waals surface area contributed by atoms with Crippen molar-refractivity contribution >= 4 is 45.1 Å². The molecule has 0 atom stereocenters. The van der Waals surface area contributed by atoms with E-state index in [4.69, 9.17) is 0 Å². The predicted octanol–water partition coefficient (Wildman–Crippen LogP) is 0.229. The smallest absolute Gasteiger partial charge is 0 e. The Morgan fingerprint density at radius 3 is 1.00 bits per heavy atom. The zero-order valence-corrected chi connectivity index (χ0v) is 4.93. The van der Waals surface area contributed by atoms with Crippen LogP contribution in [0.25, 0.3) is 0 Å². The molecule has 0 heterocycles. The zero-order chi connectivity index (χ0) is 3.58. The second-order valence-electron chi connectivity index (χ2n) is 0.247. The molecule has 0 aromatic rings. The Morgan fingerprint density at radius 2 is 1.00 bits per heavy atom. The first-order valence-electron chi connectivity index (χ1n) is 0.655. The molecule has 0 aliphatic heterocycles. The van der Waals surface area contributed by atoms with E-state index in [9.17, 15) is 10.6 Å². The molecule has 0 aliphatic carbocycles. The van der Waals surface area contributed by atoms with Crippen LogP contribution in [0.4, 0.5) is 10.6 Å². The molecule has 0 saturated carbocycles. The third-order valence-corrected chi connectivity index (χ3v) is 0. The molecular weight excluding hydrogens is 155 g/mol. The van der Waals surface area contributed by atoms with E-state index in [0.717, 1.165) is 0 Å². The maximum atomic E-state index is 9.81. The van der Waals surface area contributed by atoms with Gasteiger partial charge in [-0.25, -0.2) is 0 Å². The van der Waals surface area contributed by atoms with E-state index in [1.807, 2.05) is 0 Å². The maximum Gasteiger partial charge on any atom is 0 e. The summed E-state index contributed by atoms with van der Waals surface area (Å²) in [7, 11) is 0. The van der Waals surface area contributed by atoms with E-state index in [1.54, 1.807) is 0 Å². The first-order valence-corrected chi connectivity index (χ1v) is 1.96. The predicted molar refractivity (Wildman–Crippen MR) is 16.2 cm³/mol. The van der Waals surface area contributed by atoms with Crippen LogP contribution < -0.4 is 0 Å². The van der Waals surface area contributed by atoms with Gasteiger partial charge < -0.3 is 10.6 Å². The van der Waals surface area contributed by atoms with Gasteiger partial charge in [0.05, 0.1) is 0 Å². The Balaban J connectivity index is -0.0000000450. The van der Waals surface area contributed by atoms with E-state index in [0.29, 0.717) is 0 Å². The molecule has 0 bridgehead atoms. The molecule has 0 saturated heterocycles. The summed E-state index contributed by atoms with van der Waals surface area (Å²) in [5, 5.41) is 0. The van der Waals surface area contributed by atoms with Crippen LogP contribution in [0.1, 0.15) is 0 Å². The summed E-state index contributed by atoms with van der Waals surface area (Å²) in [6, 6.07) is 0. The molecule has 6 heavy (non-hydrogen) atoms. The molecule has 0 amide bonds. The van der Waals surface area contributed by atoms with Crippen molar-refractivity contribution in [2.75, 3.05) is 0 Å². The molecule has 0 radical (unpaired) electrons. The summed E-state index contributed by atoms with van der Waals surface area (Å²) in [4.78, 5) is 0. The van der Waals surface area contributed by atoms with Crippen molar-refractivity contribution < 1.29 is 32.3 Å². The molecule has 0 N–H and O–H groups in total. The van der Waals surface area contributed by atoms with Crippen molar-refractivity contribution in [1.82, 2.24) is 0 Å². The van der Waals surface area contributed by atoms with Gasteiger partial charge >= 0.3 is 45.1 Å². The Morgan fingerprint density at radius 1 is 1.00 bits per heavy atom. The number of halogens is 3. The van der Waals surface area contributed by atoms with Gasteiger partial charge in [0.1, 0.15) is 0 Å². The largest absolute Gasteiger partial charge is 0 e. The van der Waals surface area contributed by atoms with Gasteiger partial charge in [-0.1, -0.05) is 0 Å². The molecule has 0 rings (SSSR count). The van der Waals surface area contributed by atoms with Crippen molar-refractivity contribution in [3.8, 4) is 0 Å². The minimum atomic E-state index is -4.64. The van der Waals surface area contributed by atoms with Gasteiger partial charge in [-0.2, -0.15) is 0 Å².